The zero-order valence-electron chi connectivity index (χ0n) is 36.5. The van der Waals surface area contributed by atoms with Crippen molar-refractivity contribution in [1.29, 1.82) is 0 Å². The fraction of sp³-hybridized carbons (Fsp3) is 0. The molecule has 9 aromatic carbocycles. The first kappa shape index (κ1) is 39.0. The smallest absolute Gasteiger partial charge is 0.238 e. The normalized spacial score (nSPS) is 11.5. The Bertz CT molecular complexity index is 3940. The van der Waals surface area contributed by atoms with Gasteiger partial charge in [0.2, 0.25) is 5.95 Å². The molecule has 13 rings (SSSR count). The van der Waals surface area contributed by atoms with Crippen LogP contribution in [0.2, 0.25) is 0 Å². The predicted octanol–water partition coefficient (Wildman–Crippen LogP) is 14.3. The van der Waals surface area contributed by atoms with Crippen LogP contribution < -0.4 is 0 Å². The topological polar surface area (TPSA) is 87.2 Å². The van der Waals surface area contributed by atoms with Crippen molar-refractivity contribution < 1.29 is 0 Å². The molecule has 8 nitrogen and oxygen atoms in total. The van der Waals surface area contributed by atoms with Gasteiger partial charge in [0, 0.05) is 55.0 Å². The van der Waals surface area contributed by atoms with Crippen molar-refractivity contribution in [2.75, 3.05) is 0 Å². The average molecular weight is 871 g/mol. The van der Waals surface area contributed by atoms with Crippen LogP contribution in [0.4, 0.5) is 0 Å². The molecule has 0 aliphatic carbocycles. The first-order chi connectivity index (χ1) is 33.7. The van der Waals surface area contributed by atoms with E-state index in [1.165, 1.54) is 0 Å². The van der Waals surface area contributed by atoms with Crippen LogP contribution >= 0.6 is 0 Å². The molecule has 0 radical (unpaired) electrons. The highest BCUT2D eigenvalue weighted by Gasteiger charge is 2.23. The fourth-order valence-corrected chi connectivity index (χ4v) is 9.47. The molecular weight excluding hydrogens is 833 g/mol. The van der Waals surface area contributed by atoms with Gasteiger partial charge < -0.3 is 4.57 Å². The maximum atomic E-state index is 5.37. The van der Waals surface area contributed by atoms with Gasteiger partial charge in [0.25, 0.3) is 0 Å². The molecular formula is C60H38N8. The maximum Gasteiger partial charge on any atom is 0.238 e. The molecule has 0 spiro atoms. The molecule has 0 amide bonds. The first-order valence-electron chi connectivity index (χ1n) is 22.6. The Morgan fingerprint density at radius 2 is 0.676 bits per heavy atom. The molecule has 0 N–H and O–H groups in total. The molecule has 0 saturated carbocycles. The van der Waals surface area contributed by atoms with Crippen molar-refractivity contribution in [3.8, 4) is 79.7 Å². The van der Waals surface area contributed by atoms with Crippen LogP contribution in [-0.2, 0) is 0 Å². The van der Waals surface area contributed by atoms with Gasteiger partial charge in [-0.1, -0.05) is 182 Å². The van der Waals surface area contributed by atoms with E-state index in [1.807, 2.05) is 84.9 Å². The summed E-state index contributed by atoms with van der Waals surface area (Å²) in [6, 6.07) is 79.3. The van der Waals surface area contributed by atoms with Gasteiger partial charge in [-0.25, -0.2) is 19.9 Å². The molecule has 0 fully saturated rings. The number of benzene rings is 9. The molecule has 0 aliphatic heterocycles. The monoisotopic (exact) mass is 870 g/mol. The van der Waals surface area contributed by atoms with Crippen molar-refractivity contribution in [2.24, 2.45) is 0 Å². The minimum absolute atomic E-state index is 0.543. The van der Waals surface area contributed by atoms with Crippen molar-refractivity contribution in [3.05, 3.63) is 231 Å². The minimum atomic E-state index is 0.543. The number of aromatic nitrogens is 8. The second-order valence-corrected chi connectivity index (χ2v) is 16.7. The number of rotatable bonds is 8. The van der Waals surface area contributed by atoms with Gasteiger partial charge in [-0.05, 0) is 59.7 Å². The van der Waals surface area contributed by atoms with E-state index in [9.17, 15) is 0 Å². The van der Waals surface area contributed by atoms with E-state index in [-0.39, 0.29) is 0 Å². The fourth-order valence-electron chi connectivity index (χ4n) is 9.47. The van der Waals surface area contributed by atoms with E-state index in [2.05, 4.69) is 155 Å². The van der Waals surface area contributed by atoms with E-state index >= 15 is 0 Å². The van der Waals surface area contributed by atoms with E-state index in [0.717, 1.165) is 88.2 Å². The molecule has 318 valence electrons. The third-order valence-corrected chi connectivity index (χ3v) is 12.6. The van der Waals surface area contributed by atoms with Crippen molar-refractivity contribution in [2.45, 2.75) is 0 Å². The lowest BCUT2D eigenvalue weighted by molar-refractivity contribution is 0.955. The second kappa shape index (κ2) is 16.2. The number of hydrogen-bond donors (Lipinski definition) is 0. The highest BCUT2D eigenvalue weighted by atomic mass is 15.2. The Balaban J connectivity index is 1.01. The van der Waals surface area contributed by atoms with E-state index < -0.39 is 0 Å². The zero-order valence-corrected chi connectivity index (χ0v) is 36.5. The molecule has 0 aliphatic rings. The Kier molecular flexibility index (Phi) is 9.31. The Hall–Kier alpha value is -9.40. The number of nitrogens with zero attached hydrogens (tertiary/aromatic N) is 8. The predicted molar refractivity (Wildman–Crippen MR) is 275 cm³/mol. The third-order valence-electron chi connectivity index (χ3n) is 12.6. The molecule has 0 unspecified atom stereocenters. The quantitative estimate of drug-likeness (QED) is 0.151. The summed E-state index contributed by atoms with van der Waals surface area (Å²) in [7, 11) is 0. The molecule has 13 aromatic rings. The SMILES string of the molecule is c1ccc(-c2cccc(-c3nc(-c4ccccc4)nc(-n4c5ccccc5c5ccc6c(c7ccccc7n6-c6ccc(-c7nc(-c8ccccc8)nc(-c8ccccc8)n7)cc6)c54)n3)c2)cc1. The summed E-state index contributed by atoms with van der Waals surface area (Å²) < 4.78 is 4.58. The summed E-state index contributed by atoms with van der Waals surface area (Å²) >= 11 is 0. The minimum Gasteiger partial charge on any atom is -0.309 e. The Morgan fingerprint density at radius 1 is 0.250 bits per heavy atom. The van der Waals surface area contributed by atoms with Gasteiger partial charge >= 0.3 is 0 Å². The summed E-state index contributed by atoms with van der Waals surface area (Å²) in [5.74, 6) is 3.60. The van der Waals surface area contributed by atoms with Crippen molar-refractivity contribution in [1.82, 2.24) is 39.0 Å². The Morgan fingerprint density at radius 3 is 1.25 bits per heavy atom. The zero-order chi connectivity index (χ0) is 45.0. The summed E-state index contributed by atoms with van der Waals surface area (Å²) in [6.07, 6.45) is 0. The van der Waals surface area contributed by atoms with E-state index in [1.54, 1.807) is 0 Å². The lowest BCUT2D eigenvalue weighted by Gasteiger charge is -2.12. The van der Waals surface area contributed by atoms with Gasteiger partial charge in [-0.2, -0.15) is 9.97 Å². The number of hydrogen-bond acceptors (Lipinski definition) is 6. The molecule has 0 saturated heterocycles. The standard InChI is InChI=1S/C60H38N8/c1-5-18-39(19-6-1)44-26-17-27-45(38-44)59-64-58(42-24-11-4-12-25-42)65-60(66-59)68-50-30-15-13-28-47(50)48-36-37-52-53(54(48)68)49-29-14-16-31-51(49)67(52)46-34-32-43(33-35-46)57-62-55(40-20-7-2-8-21-40)61-56(63-57)41-22-9-3-10-23-41/h1-38H. The first-order valence-corrected chi connectivity index (χ1v) is 22.6. The lowest BCUT2D eigenvalue weighted by atomic mass is 10.0. The van der Waals surface area contributed by atoms with Gasteiger partial charge in [0.1, 0.15) is 0 Å². The van der Waals surface area contributed by atoms with Crippen LogP contribution in [0.3, 0.4) is 0 Å². The second-order valence-electron chi connectivity index (χ2n) is 16.7. The molecule has 8 heteroatoms. The van der Waals surface area contributed by atoms with Gasteiger partial charge in [0.05, 0.1) is 22.1 Å². The lowest BCUT2D eigenvalue weighted by Crippen LogP contribution is -2.06. The summed E-state index contributed by atoms with van der Waals surface area (Å²) in [6.45, 7) is 0. The largest absolute Gasteiger partial charge is 0.309 e. The Labute approximate surface area is 391 Å². The summed E-state index contributed by atoms with van der Waals surface area (Å²) in [4.78, 5) is 30.8. The maximum absolute atomic E-state index is 5.37. The van der Waals surface area contributed by atoms with E-state index in [0.29, 0.717) is 35.1 Å². The average Bonchev–Trinajstić information content (AvgIpc) is 3.95. The molecule has 4 aromatic heterocycles. The van der Waals surface area contributed by atoms with Crippen LogP contribution in [0.5, 0.6) is 0 Å². The van der Waals surface area contributed by atoms with Crippen LogP contribution in [0.1, 0.15) is 0 Å². The van der Waals surface area contributed by atoms with Gasteiger partial charge in [-0.15, -0.1) is 0 Å². The van der Waals surface area contributed by atoms with Gasteiger partial charge in [0.15, 0.2) is 29.1 Å². The van der Waals surface area contributed by atoms with Gasteiger partial charge in [-0.3, -0.25) is 4.57 Å². The molecule has 0 bridgehead atoms. The van der Waals surface area contributed by atoms with Crippen molar-refractivity contribution >= 4 is 43.6 Å². The third kappa shape index (κ3) is 6.70. The summed E-state index contributed by atoms with van der Waals surface area (Å²) in [5, 5.41) is 4.44. The molecule has 4 heterocycles. The molecule has 0 atom stereocenters. The van der Waals surface area contributed by atoms with Crippen LogP contribution in [0, 0.1) is 0 Å². The van der Waals surface area contributed by atoms with E-state index in [4.69, 9.17) is 29.9 Å². The summed E-state index contributed by atoms with van der Waals surface area (Å²) in [5.41, 5.74) is 12.0. The van der Waals surface area contributed by atoms with Crippen LogP contribution in [0.25, 0.3) is 123 Å². The van der Waals surface area contributed by atoms with Crippen molar-refractivity contribution in [3.63, 3.8) is 0 Å². The molecule has 68 heavy (non-hydrogen) atoms. The number of para-hydroxylation sites is 2. The highest BCUT2D eigenvalue weighted by Crippen LogP contribution is 2.42. The number of fused-ring (bicyclic) bond motifs is 7. The highest BCUT2D eigenvalue weighted by molar-refractivity contribution is 6.26. The van der Waals surface area contributed by atoms with Crippen LogP contribution in [0.15, 0.2) is 231 Å². The van der Waals surface area contributed by atoms with Crippen LogP contribution in [-0.4, -0.2) is 39.0 Å².